The minimum Gasteiger partial charge on any atom is -0.478 e. The molecule has 9 heteroatoms. The maximum absolute atomic E-state index is 12.2. The van der Waals surface area contributed by atoms with Crippen molar-refractivity contribution in [1.29, 1.82) is 0 Å². The predicted octanol–water partition coefficient (Wildman–Crippen LogP) is 1.47. The van der Waals surface area contributed by atoms with E-state index < -0.39 is 18.8 Å². The molecule has 1 fully saturated rings. The standard InChI is InChI=1S/C13H16F3N3O3/c1-18-4-6-19(7-5-18)11-9(12(20)21)2-3-10(17-11)22-8-13(14,15)16/h2-3H,4-8H2,1H3,(H,20,21). The van der Waals surface area contributed by atoms with E-state index in [0.29, 0.717) is 26.2 Å². The lowest BCUT2D eigenvalue weighted by molar-refractivity contribution is -0.154. The van der Waals surface area contributed by atoms with Crippen molar-refractivity contribution >= 4 is 11.8 Å². The largest absolute Gasteiger partial charge is 0.478 e. The molecule has 0 radical (unpaired) electrons. The number of piperazine rings is 1. The smallest absolute Gasteiger partial charge is 0.422 e. The van der Waals surface area contributed by atoms with Crippen LogP contribution in [0.1, 0.15) is 10.4 Å². The van der Waals surface area contributed by atoms with Crippen LogP contribution in [0.4, 0.5) is 19.0 Å². The fourth-order valence-corrected chi connectivity index (χ4v) is 2.09. The van der Waals surface area contributed by atoms with Crippen LogP contribution in [0.2, 0.25) is 0 Å². The number of rotatable bonds is 4. The Morgan fingerprint density at radius 1 is 1.32 bits per heavy atom. The number of ether oxygens (including phenoxy) is 1. The zero-order valence-electron chi connectivity index (χ0n) is 11.9. The van der Waals surface area contributed by atoms with Crippen LogP contribution in [0.25, 0.3) is 0 Å². The molecule has 1 N–H and O–H groups in total. The van der Waals surface area contributed by atoms with Crippen LogP contribution < -0.4 is 9.64 Å². The molecule has 6 nitrogen and oxygen atoms in total. The summed E-state index contributed by atoms with van der Waals surface area (Å²) in [5.41, 5.74) is -0.0519. The topological polar surface area (TPSA) is 65.9 Å². The number of pyridine rings is 1. The molecular formula is C13H16F3N3O3. The first-order chi connectivity index (χ1) is 10.3. The van der Waals surface area contributed by atoms with E-state index in [1.807, 2.05) is 7.05 Å². The van der Waals surface area contributed by atoms with Gasteiger partial charge in [0, 0.05) is 32.2 Å². The van der Waals surface area contributed by atoms with Crippen molar-refractivity contribution in [1.82, 2.24) is 9.88 Å². The highest BCUT2D eigenvalue weighted by Gasteiger charge is 2.29. The van der Waals surface area contributed by atoms with Gasteiger partial charge in [-0.2, -0.15) is 18.2 Å². The number of alkyl halides is 3. The van der Waals surface area contributed by atoms with Gasteiger partial charge in [-0.3, -0.25) is 0 Å². The molecule has 1 saturated heterocycles. The van der Waals surface area contributed by atoms with Crippen molar-refractivity contribution in [2.45, 2.75) is 6.18 Å². The number of aromatic carboxylic acids is 1. The summed E-state index contributed by atoms with van der Waals surface area (Å²) in [5, 5.41) is 9.20. The zero-order chi connectivity index (χ0) is 16.3. The molecule has 1 aliphatic rings. The second-order valence-corrected chi connectivity index (χ2v) is 5.02. The van der Waals surface area contributed by atoms with Crippen LogP contribution in [-0.4, -0.2) is 67.0 Å². The van der Waals surface area contributed by atoms with E-state index in [9.17, 15) is 23.1 Å². The lowest BCUT2D eigenvalue weighted by Gasteiger charge is -2.33. The number of nitrogens with zero attached hydrogens (tertiary/aromatic N) is 3. The minimum absolute atomic E-state index is 0.0519. The number of halogens is 3. The van der Waals surface area contributed by atoms with Crippen molar-refractivity contribution < 1.29 is 27.8 Å². The summed E-state index contributed by atoms with van der Waals surface area (Å²) in [6.45, 7) is 1.07. The van der Waals surface area contributed by atoms with Gasteiger partial charge < -0.3 is 19.6 Å². The van der Waals surface area contributed by atoms with Gasteiger partial charge in [0.2, 0.25) is 5.88 Å². The number of carboxylic acid groups (broad SMARTS) is 1. The Kier molecular flexibility index (Phi) is 4.74. The lowest BCUT2D eigenvalue weighted by Crippen LogP contribution is -2.45. The van der Waals surface area contributed by atoms with Crippen molar-refractivity contribution in [3.8, 4) is 5.88 Å². The number of hydrogen-bond acceptors (Lipinski definition) is 5. The average molecular weight is 319 g/mol. The monoisotopic (exact) mass is 319 g/mol. The maximum atomic E-state index is 12.2. The average Bonchev–Trinajstić information content (AvgIpc) is 2.45. The SMILES string of the molecule is CN1CCN(c2nc(OCC(F)(F)F)ccc2C(=O)O)CC1. The molecule has 0 bridgehead atoms. The van der Waals surface area contributed by atoms with E-state index in [1.54, 1.807) is 4.90 Å². The van der Waals surface area contributed by atoms with Crippen LogP contribution in [0.15, 0.2) is 12.1 Å². The molecule has 0 aliphatic carbocycles. The highest BCUT2D eigenvalue weighted by atomic mass is 19.4. The Morgan fingerprint density at radius 3 is 2.50 bits per heavy atom. The number of hydrogen-bond donors (Lipinski definition) is 1. The van der Waals surface area contributed by atoms with E-state index in [2.05, 4.69) is 14.6 Å². The summed E-state index contributed by atoms with van der Waals surface area (Å²) >= 11 is 0. The minimum atomic E-state index is -4.47. The second kappa shape index (κ2) is 6.39. The van der Waals surface area contributed by atoms with Crippen LogP contribution in [0.3, 0.4) is 0 Å². The van der Waals surface area contributed by atoms with Crippen LogP contribution in [0.5, 0.6) is 5.88 Å². The molecule has 122 valence electrons. The first-order valence-corrected chi connectivity index (χ1v) is 6.63. The predicted molar refractivity (Wildman–Crippen MR) is 72.5 cm³/mol. The first-order valence-electron chi connectivity index (χ1n) is 6.63. The third-order valence-corrected chi connectivity index (χ3v) is 3.27. The molecule has 0 spiro atoms. The fraction of sp³-hybridized carbons (Fsp3) is 0.538. The molecule has 0 unspecified atom stereocenters. The van der Waals surface area contributed by atoms with Gasteiger partial charge in [0.15, 0.2) is 6.61 Å². The lowest BCUT2D eigenvalue weighted by atomic mass is 10.2. The Balaban J connectivity index is 2.22. The number of carboxylic acids is 1. The molecular weight excluding hydrogens is 303 g/mol. The van der Waals surface area contributed by atoms with Gasteiger partial charge in [0.25, 0.3) is 0 Å². The maximum Gasteiger partial charge on any atom is 0.422 e. The molecule has 0 saturated carbocycles. The van der Waals surface area contributed by atoms with E-state index >= 15 is 0 Å². The first kappa shape index (κ1) is 16.3. The van der Waals surface area contributed by atoms with Crippen LogP contribution in [-0.2, 0) is 0 Å². The molecule has 2 rings (SSSR count). The Bertz CT molecular complexity index is 543. The third-order valence-electron chi connectivity index (χ3n) is 3.27. The summed E-state index contributed by atoms with van der Waals surface area (Å²) in [7, 11) is 1.94. The number of likely N-dealkylation sites (N-methyl/N-ethyl adjacent to an activating group) is 1. The fourth-order valence-electron chi connectivity index (χ4n) is 2.09. The van der Waals surface area contributed by atoms with E-state index in [1.165, 1.54) is 6.07 Å². The Morgan fingerprint density at radius 2 is 1.95 bits per heavy atom. The van der Waals surface area contributed by atoms with Gasteiger partial charge in [-0.25, -0.2) is 4.79 Å². The Labute approximate surface area is 125 Å². The molecule has 1 aromatic heterocycles. The van der Waals surface area contributed by atoms with Gasteiger partial charge in [0.05, 0.1) is 0 Å². The van der Waals surface area contributed by atoms with Crippen molar-refractivity contribution in [3.63, 3.8) is 0 Å². The molecule has 0 amide bonds. The zero-order valence-corrected chi connectivity index (χ0v) is 11.9. The molecule has 1 aromatic rings. The molecule has 22 heavy (non-hydrogen) atoms. The molecule has 0 atom stereocenters. The van der Waals surface area contributed by atoms with Gasteiger partial charge in [-0.15, -0.1) is 0 Å². The van der Waals surface area contributed by atoms with E-state index in [4.69, 9.17) is 0 Å². The van der Waals surface area contributed by atoms with Gasteiger partial charge in [0.1, 0.15) is 11.4 Å². The summed E-state index contributed by atoms with van der Waals surface area (Å²) < 4.78 is 41.1. The quantitative estimate of drug-likeness (QED) is 0.907. The van der Waals surface area contributed by atoms with Crippen molar-refractivity contribution in [3.05, 3.63) is 17.7 Å². The summed E-state index contributed by atoms with van der Waals surface area (Å²) in [5.74, 6) is -1.28. The number of carbonyl (C=O) groups is 1. The van der Waals surface area contributed by atoms with Crippen LogP contribution in [0, 0.1) is 0 Å². The summed E-state index contributed by atoms with van der Waals surface area (Å²) in [6, 6.07) is 2.35. The Hall–Kier alpha value is -2.03. The van der Waals surface area contributed by atoms with Crippen LogP contribution >= 0.6 is 0 Å². The summed E-state index contributed by atoms with van der Waals surface area (Å²) in [6.07, 6.45) is -4.47. The number of anilines is 1. The van der Waals surface area contributed by atoms with E-state index in [-0.39, 0.29) is 17.3 Å². The number of aromatic nitrogens is 1. The second-order valence-electron chi connectivity index (χ2n) is 5.02. The van der Waals surface area contributed by atoms with Crippen molar-refractivity contribution in [2.75, 3.05) is 44.7 Å². The molecule has 2 heterocycles. The van der Waals surface area contributed by atoms with E-state index in [0.717, 1.165) is 6.07 Å². The van der Waals surface area contributed by atoms with Gasteiger partial charge in [-0.05, 0) is 13.1 Å². The van der Waals surface area contributed by atoms with Gasteiger partial charge >= 0.3 is 12.1 Å². The molecule has 0 aromatic carbocycles. The third kappa shape index (κ3) is 4.23. The molecule has 1 aliphatic heterocycles. The van der Waals surface area contributed by atoms with Crippen molar-refractivity contribution in [2.24, 2.45) is 0 Å². The summed E-state index contributed by atoms with van der Waals surface area (Å²) in [4.78, 5) is 19.0. The van der Waals surface area contributed by atoms with Gasteiger partial charge in [-0.1, -0.05) is 0 Å². The normalized spacial score (nSPS) is 16.6. The highest BCUT2D eigenvalue weighted by molar-refractivity contribution is 5.93. The highest BCUT2D eigenvalue weighted by Crippen LogP contribution is 2.24.